The number of hydrogen-bond acceptors (Lipinski definition) is 7. The molecule has 0 spiro atoms. The summed E-state index contributed by atoms with van der Waals surface area (Å²) in [6.45, 7) is 7.09. The standard InChI is InChI=1S/C18H27N3O4S2/c1-15(22)14-27-18(19-12-17(23)24)21(13-16-4-2-11-26-16)6-3-5-20-7-9-25-10-8-20/h2,4,11H,3,5-10,12-14H2,1H3,(H,23,24)/b19-18-. The summed E-state index contributed by atoms with van der Waals surface area (Å²) in [5.41, 5.74) is 0. The summed E-state index contributed by atoms with van der Waals surface area (Å²) in [5.74, 6) is -0.629. The van der Waals surface area contributed by atoms with E-state index in [0.717, 1.165) is 45.8 Å². The van der Waals surface area contributed by atoms with Crippen LogP contribution in [0.1, 0.15) is 18.2 Å². The first kappa shape index (κ1) is 21.9. The third-order valence-electron chi connectivity index (χ3n) is 3.96. The highest BCUT2D eigenvalue weighted by Gasteiger charge is 2.16. The van der Waals surface area contributed by atoms with Crippen molar-refractivity contribution in [2.45, 2.75) is 19.9 Å². The molecule has 150 valence electrons. The molecule has 1 aliphatic rings. The minimum atomic E-state index is -0.972. The molecule has 0 atom stereocenters. The number of carboxylic acid groups (broad SMARTS) is 1. The molecule has 0 aromatic carbocycles. The molecule has 1 saturated heterocycles. The number of morpholine rings is 1. The minimum absolute atomic E-state index is 0.0485. The summed E-state index contributed by atoms with van der Waals surface area (Å²) < 4.78 is 5.38. The van der Waals surface area contributed by atoms with Gasteiger partial charge in [0.2, 0.25) is 0 Å². The van der Waals surface area contributed by atoms with Crippen LogP contribution in [0.5, 0.6) is 0 Å². The molecule has 1 aliphatic heterocycles. The Morgan fingerprint density at radius 2 is 2.19 bits per heavy atom. The molecule has 9 heteroatoms. The lowest BCUT2D eigenvalue weighted by atomic mass is 10.3. The van der Waals surface area contributed by atoms with Crippen LogP contribution >= 0.6 is 23.1 Å². The van der Waals surface area contributed by atoms with Gasteiger partial charge in [-0.25, -0.2) is 0 Å². The number of Topliss-reactive ketones (excluding diaryl/α,β-unsaturated/α-hetero) is 1. The molecule has 0 amide bonds. The fourth-order valence-corrected chi connectivity index (χ4v) is 4.23. The minimum Gasteiger partial charge on any atom is -0.480 e. The van der Waals surface area contributed by atoms with Crippen LogP contribution in [0.3, 0.4) is 0 Å². The van der Waals surface area contributed by atoms with E-state index in [2.05, 4.69) is 20.9 Å². The van der Waals surface area contributed by atoms with E-state index in [0.29, 0.717) is 17.5 Å². The molecule has 27 heavy (non-hydrogen) atoms. The van der Waals surface area contributed by atoms with Gasteiger partial charge in [-0.15, -0.1) is 11.3 Å². The smallest absolute Gasteiger partial charge is 0.325 e. The topological polar surface area (TPSA) is 82.4 Å². The molecule has 0 saturated carbocycles. The predicted octanol–water partition coefficient (Wildman–Crippen LogP) is 2.04. The van der Waals surface area contributed by atoms with E-state index in [1.54, 1.807) is 11.3 Å². The first-order chi connectivity index (χ1) is 13.0. The number of nitrogens with zero attached hydrogens (tertiary/aromatic N) is 3. The first-order valence-electron chi connectivity index (χ1n) is 9.00. The molecular formula is C18H27N3O4S2. The van der Waals surface area contributed by atoms with Crippen molar-refractivity contribution < 1.29 is 19.4 Å². The van der Waals surface area contributed by atoms with Crippen LogP contribution in [0.15, 0.2) is 22.5 Å². The van der Waals surface area contributed by atoms with Crippen LogP contribution in [-0.2, 0) is 20.9 Å². The van der Waals surface area contributed by atoms with Crippen molar-refractivity contribution in [3.63, 3.8) is 0 Å². The monoisotopic (exact) mass is 413 g/mol. The fourth-order valence-electron chi connectivity index (χ4n) is 2.68. The summed E-state index contributed by atoms with van der Waals surface area (Å²) in [6, 6.07) is 4.06. The van der Waals surface area contributed by atoms with Crippen LogP contribution in [0.4, 0.5) is 0 Å². The van der Waals surface area contributed by atoms with Crippen LogP contribution in [0.25, 0.3) is 0 Å². The summed E-state index contributed by atoms with van der Waals surface area (Å²) in [7, 11) is 0. The zero-order valence-electron chi connectivity index (χ0n) is 15.6. The molecule has 2 rings (SSSR count). The molecular weight excluding hydrogens is 386 g/mol. The fraction of sp³-hybridized carbons (Fsp3) is 0.611. The van der Waals surface area contributed by atoms with E-state index in [1.165, 1.54) is 23.6 Å². The van der Waals surface area contributed by atoms with E-state index in [-0.39, 0.29) is 12.3 Å². The van der Waals surface area contributed by atoms with Gasteiger partial charge in [-0.1, -0.05) is 17.8 Å². The molecule has 0 radical (unpaired) electrons. The Hall–Kier alpha value is -1.42. The number of ether oxygens (including phenoxy) is 1. The lowest BCUT2D eigenvalue weighted by Gasteiger charge is -2.29. The lowest BCUT2D eigenvalue weighted by molar-refractivity contribution is -0.135. The van der Waals surface area contributed by atoms with Crippen molar-refractivity contribution >= 4 is 40.0 Å². The van der Waals surface area contributed by atoms with Gasteiger partial charge in [-0.3, -0.25) is 19.5 Å². The number of carbonyl (C=O) groups excluding carboxylic acids is 1. The second-order valence-corrected chi connectivity index (χ2v) is 8.27. The van der Waals surface area contributed by atoms with Gasteiger partial charge in [-0.2, -0.15) is 0 Å². The second-order valence-electron chi connectivity index (χ2n) is 6.29. The van der Waals surface area contributed by atoms with Crippen LogP contribution in [-0.4, -0.2) is 83.5 Å². The maximum Gasteiger partial charge on any atom is 0.325 e. The normalized spacial score (nSPS) is 15.7. The van der Waals surface area contributed by atoms with Crippen LogP contribution in [0, 0.1) is 0 Å². The van der Waals surface area contributed by atoms with Gasteiger partial charge in [0.15, 0.2) is 5.17 Å². The van der Waals surface area contributed by atoms with E-state index in [9.17, 15) is 9.59 Å². The molecule has 0 unspecified atom stereocenters. The lowest BCUT2D eigenvalue weighted by Crippen LogP contribution is -2.38. The summed E-state index contributed by atoms with van der Waals surface area (Å²) >= 11 is 2.98. The number of ketones is 1. The average molecular weight is 414 g/mol. The van der Waals surface area contributed by atoms with Gasteiger partial charge in [-0.05, 0) is 24.8 Å². The van der Waals surface area contributed by atoms with E-state index < -0.39 is 5.97 Å². The molecule has 0 bridgehead atoms. The van der Waals surface area contributed by atoms with Gasteiger partial charge in [0.05, 0.1) is 25.5 Å². The zero-order valence-corrected chi connectivity index (χ0v) is 17.3. The quantitative estimate of drug-likeness (QED) is 0.464. The molecule has 1 aromatic rings. The molecule has 7 nitrogen and oxygen atoms in total. The molecule has 1 aromatic heterocycles. The zero-order chi connectivity index (χ0) is 19.5. The summed E-state index contributed by atoms with van der Waals surface area (Å²) in [4.78, 5) is 32.3. The Bertz CT molecular complexity index is 616. The predicted molar refractivity (Wildman–Crippen MR) is 110 cm³/mol. The summed E-state index contributed by atoms with van der Waals surface area (Å²) in [6.07, 6.45) is 0.943. The molecule has 1 fully saturated rings. The number of thioether (sulfide) groups is 1. The van der Waals surface area contributed by atoms with Gasteiger partial charge < -0.3 is 14.7 Å². The first-order valence-corrected chi connectivity index (χ1v) is 10.9. The number of carboxylic acids is 1. The van der Waals surface area contributed by atoms with Crippen LogP contribution < -0.4 is 0 Å². The van der Waals surface area contributed by atoms with Crippen molar-refractivity contribution in [3.05, 3.63) is 22.4 Å². The maximum atomic E-state index is 11.4. The number of rotatable bonds is 10. The van der Waals surface area contributed by atoms with Crippen molar-refractivity contribution in [1.29, 1.82) is 0 Å². The maximum absolute atomic E-state index is 11.4. The Kier molecular flexibility index (Phi) is 9.82. The van der Waals surface area contributed by atoms with Crippen molar-refractivity contribution in [2.75, 3.05) is 51.7 Å². The van der Waals surface area contributed by atoms with Crippen molar-refractivity contribution in [1.82, 2.24) is 9.80 Å². The molecule has 1 N–H and O–H groups in total. The highest BCUT2D eigenvalue weighted by molar-refractivity contribution is 8.14. The summed E-state index contributed by atoms with van der Waals surface area (Å²) in [5, 5.41) is 11.7. The Morgan fingerprint density at radius 3 is 2.81 bits per heavy atom. The Labute approximate surface area is 168 Å². The van der Waals surface area contributed by atoms with Gasteiger partial charge in [0, 0.05) is 31.1 Å². The van der Waals surface area contributed by atoms with Gasteiger partial charge >= 0.3 is 5.97 Å². The number of carbonyl (C=O) groups is 2. The Balaban J connectivity index is 2.02. The number of thiophene rings is 1. The number of aliphatic imine (C=N–C) groups is 1. The van der Waals surface area contributed by atoms with E-state index in [4.69, 9.17) is 9.84 Å². The van der Waals surface area contributed by atoms with E-state index in [1.807, 2.05) is 11.4 Å². The molecule has 0 aliphatic carbocycles. The Morgan fingerprint density at radius 1 is 1.41 bits per heavy atom. The third kappa shape index (κ3) is 8.87. The van der Waals surface area contributed by atoms with Gasteiger partial charge in [0.25, 0.3) is 0 Å². The SMILES string of the molecule is CC(=O)CS/C(=N\CC(=O)O)N(CCCN1CCOCC1)Cc1cccs1. The highest BCUT2D eigenvalue weighted by atomic mass is 32.2. The largest absolute Gasteiger partial charge is 0.480 e. The highest BCUT2D eigenvalue weighted by Crippen LogP contribution is 2.18. The van der Waals surface area contributed by atoms with Crippen LogP contribution in [0.2, 0.25) is 0 Å². The average Bonchev–Trinajstić information content (AvgIpc) is 3.15. The number of aliphatic carboxylic acids is 1. The number of amidine groups is 1. The third-order valence-corrected chi connectivity index (χ3v) is 6.02. The van der Waals surface area contributed by atoms with Crippen molar-refractivity contribution in [2.24, 2.45) is 4.99 Å². The van der Waals surface area contributed by atoms with Crippen molar-refractivity contribution in [3.8, 4) is 0 Å². The second kappa shape index (κ2) is 12.1. The molecule has 2 heterocycles. The number of hydrogen-bond donors (Lipinski definition) is 1. The van der Waals surface area contributed by atoms with Gasteiger partial charge in [0.1, 0.15) is 12.3 Å². The van der Waals surface area contributed by atoms with E-state index >= 15 is 0 Å².